The molecule has 2 nitrogen and oxygen atoms in total. The van der Waals surface area contributed by atoms with Gasteiger partial charge in [0.05, 0.1) is 0 Å². The van der Waals surface area contributed by atoms with Crippen LogP contribution in [0.5, 0.6) is 0 Å². The predicted octanol–water partition coefficient (Wildman–Crippen LogP) is 5.87. The van der Waals surface area contributed by atoms with E-state index in [1.807, 2.05) is 0 Å². The van der Waals surface area contributed by atoms with E-state index in [4.69, 9.17) is 0 Å². The van der Waals surface area contributed by atoms with Crippen molar-refractivity contribution in [2.24, 2.45) is 0 Å². The number of anilines is 3. The first-order chi connectivity index (χ1) is 12.7. The standard InChI is InChI=1S/C24H26N2/c1-4-26(5-2)22-12-11-18-15-19-16-21(13-14-23(19)24(18)17-22)25(3)20-9-7-6-8-10-20/h6-14,16-17H,4-5,15H2,1-3H3. The summed E-state index contributed by atoms with van der Waals surface area (Å²) in [6.45, 7) is 6.53. The van der Waals surface area contributed by atoms with E-state index in [0.717, 1.165) is 19.5 Å². The van der Waals surface area contributed by atoms with Crippen LogP contribution in [0.25, 0.3) is 11.1 Å². The molecule has 1 aliphatic rings. The normalized spacial score (nSPS) is 11.8. The van der Waals surface area contributed by atoms with E-state index < -0.39 is 0 Å². The molecule has 0 saturated heterocycles. The molecule has 0 fully saturated rings. The lowest BCUT2D eigenvalue weighted by Gasteiger charge is -2.22. The second kappa shape index (κ2) is 6.87. The molecule has 0 aromatic heterocycles. The van der Waals surface area contributed by atoms with Crippen LogP contribution in [-0.4, -0.2) is 20.1 Å². The van der Waals surface area contributed by atoms with Crippen molar-refractivity contribution in [1.82, 2.24) is 0 Å². The SMILES string of the molecule is CCN(CC)c1ccc2c(c1)-c1ccc(N(C)c3ccccc3)cc1C2. The Morgan fingerprint density at radius 3 is 2.15 bits per heavy atom. The summed E-state index contributed by atoms with van der Waals surface area (Å²) < 4.78 is 0. The summed E-state index contributed by atoms with van der Waals surface area (Å²) in [5.41, 5.74) is 9.44. The molecule has 2 heteroatoms. The number of fused-ring (bicyclic) bond motifs is 3. The second-order valence-corrected chi connectivity index (χ2v) is 6.93. The fraction of sp³-hybridized carbons (Fsp3) is 0.250. The van der Waals surface area contributed by atoms with Gasteiger partial charge in [0.2, 0.25) is 0 Å². The van der Waals surface area contributed by atoms with Crippen molar-refractivity contribution in [3.05, 3.63) is 77.9 Å². The van der Waals surface area contributed by atoms with Crippen LogP contribution in [0.15, 0.2) is 66.7 Å². The molecule has 0 amide bonds. The Kier molecular flexibility index (Phi) is 4.42. The Balaban J connectivity index is 1.68. The number of nitrogens with zero attached hydrogens (tertiary/aromatic N) is 2. The number of hydrogen-bond acceptors (Lipinski definition) is 2. The summed E-state index contributed by atoms with van der Waals surface area (Å²) in [5.74, 6) is 0. The van der Waals surface area contributed by atoms with Gasteiger partial charge in [0.15, 0.2) is 0 Å². The zero-order valence-electron chi connectivity index (χ0n) is 15.9. The van der Waals surface area contributed by atoms with Crippen LogP contribution >= 0.6 is 0 Å². The van der Waals surface area contributed by atoms with Crippen LogP contribution in [0.4, 0.5) is 17.1 Å². The average Bonchev–Trinajstić information content (AvgIpc) is 3.06. The molecule has 4 rings (SSSR count). The van der Waals surface area contributed by atoms with E-state index in [1.165, 1.54) is 39.3 Å². The Bertz CT molecular complexity index is 911. The monoisotopic (exact) mass is 342 g/mol. The highest BCUT2D eigenvalue weighted by Crippen LogP contribution is 2.40. The molecule has 0 saturated carbocycles. The first kappa shape index (κ1) is 16.7. The van der Waals surface area contributed by atoms with Crippen molar-refractivity contribution < 1.29 is 0 Å². The molecule has 0 aliphatic heterocycles. The lowest BCUT2D eigenvalue weighted by molar-refractivity contribution is 0.866. The van der Waals surface area contributed by atoms with Gasteiger partial charge in [-0.2, -0.15) is 0 Å². The van der Waals surface area contributed by atoms with Gasteiger partial charge in [-0.05, 0) is 78.9 Å². The zero-order chi connectivity index (χ0) is 18.1. The van der Waals surface area contributed by atoms with Crippen LogP contribution < -0.4 is 9.80 Å². The molecule has 0 radical (unpaired) electrons. The van der Waals surface area contributed by atoms with Gasteiger partial charge in [0, 0.05) is 37.2 Å². The fourth-order valence-electron chi connectivity index (χ4n) is 3.96. The van der Waals surface area contributed by atoms with Gasteiger partial charge in [-0.1, -0.05) is 30.3 Å². The van der Waals surface area contributed by atoms with E-state index in [0.29, 0.717) is 0 Å². The molecule has 132 valence electrons. The third kappa shape index (κ3) is 2.86. The van der Waals surface area contributed by atoms with Crippen LogP contribution in [0.3, 0.4) is 0 Å². The topological polar surface area (TPSA) is 6.48 Å². The highest BCUT2D eigenvalue weighted by Gasteiger charge is 2.20. The van der Waals surface area contributed by atoms with Gasteiger partial charge in [0.1, 0.15) is 0 Å². The Morgan fingerprint density at radius 2 is 1.42 bits per heavy atom. The first-order valence-electron chi connectivity index (χ1n) is 9.51. The van der Waals surface area contributed by atoms with Crippen molar-refractivity contribution in [3.63, 3.8) is 0 Å². The summed E-state index contributed by atoms with van der Waals surface area (Å²) in [5, 5.41) is 0. The first-order valence-corrected chi connectivity index (χ1v) is 9.51. The van der Waals surface area contributed by atoms with Gasteiger partial charge in [-0.15, -0.1) is 0 Å². The van der Waals surface area contributed by atoms with E-state index in [2.05, 4.69) is 97.4 Å². The summed E-state index contributed by atoms with van der Waals surface area (Å²) in [6, 6.07) is 24.4. The summed E-state index contributed by atoms with van der Waals surface area (Å²) >= 11 is 0. The molecular formula is C24H26N2. The maximum Gasteiger partial charge on any atom is 0.0411 e. The minimum atomic E-state index is 1.03. The van der Waals surface area contributed by atoms with Crippen molar-refractivity contribution in [3.8, 4) is 11.1 Å². The van der Waals surface area contributed by atoms with Crippen molar-refractivity contribution in [1.29, 1.82) is 0 Å². The van der Waals surface area contributed by atoms with Gasteiger partial charge in [-0.3, -0.25) is 0 Å². The maximum atomic E-state index is 2.41. The predicted molar refractivity (Wildman–Crippen MR) is 113 cm³/mol. The van der Waals surface area contributed by atoms with Crippen molar-refractivity contribution >= 4 is 17.1 Å². The number of benzene rings is 3. The molecule has 3 aromatic carbocycles. The summed E-state index contributed by atoms with van der Waals surface area (Å²) in [7, 11) is 2.14. The lowest BCUT2D eigenvalue weighted by Crippen LogP contribution is -2.21. The number of rotatable bonds is 5. The van der Waals surface area contributed by atoms with E-state index in [9.17, 15) is 0 Å². The van der Waals surface area contributed by atoms with Crippen LogP contribution in [0.1, 0.15) is 25.0 Å². The summed E-state index contributed by atoms with van der Waals surface area (Å²) in [4.78, 5) is 4.67. The minimum Gasteiger partial charge on any atom is -0.372 e. The molecule has 0 atom stereocenters. The number of para-hydroxylation sites is 1. The molecule has 0 N–H and O–H groups in total. The van der Waals surface area contributed by atoms with Gasteiger partial charge >= 0.3 is 0 Å². The molecular weight excluding hydrogens is 316 g/mol. The quantitative estimate of drug-likeness (QED) is 0.447. The smallest absolute Gasteiger partial charge is 0.0411 e. The van der Waals surface area contributed by atoms with Crippen molar-refractivity contribution in [2.45, 2.75) is 20.3 Å². The molecule has 1 aliphatic carbocycles. The second-order valence-electron chi connectivity index (χ2n) is 6.93. The Labute approximate surface area is 156 Å². The van der Waals surface area contributed by atoms with E-state index in [1.54, 1.807) is 0 Å². The van der Waals surface area contributed by atoms with Gasteiger partial charge < -0.3 is 9.80 Å². The zero-order valence-corrected chi connectivity index (χ0v) is 15.9. The van der Waals surface area contributed by atoms with E-state index >= 15 is 0 Å². The summed E-state index contributed by atoms with van der Waals surface area (Å²) in [6.07, 6.45) is 1.03. The highest BCUT2D eigenvalue weighted by molar-refractivity contribution is 5.82. The third-order valence-electron chi connectivity index (χ3n) is 5.51. The Hall–Kier alpha value is -2.74. The largest absolute Gasteiger partial charge is 0.372 e. The van der Waals surface area contributed by atoms with Crippen LogP contribution in [0, 0.1) is 0 Å². The maximum absolute atomic E-state index is 2.41. The molecule has 26 heavy (non-hydrogen) atoms. The molecule has 3 aromatic rings. The molecule has 0 unspecified atom stereocenters. The lowest BCUT2D eigenvalue weighted by atomic mass is 10.0. The average molecular weight is 342 g/mol. The fourth-order valence-corrected chi connectivity index (χ4v) is 3.96. The van der Waals surface area contributed by atoms with Crippen LogP contribution in [-0.2, 0) is 6.42 Å². The van der Waals surface area contributed by atoms with E-state index in [-0.39, 0.29) is 0 Å². The molecule has 0 spiro atoms. The Morgan fingerprint density at radius 1 is 0.692 bits per heavy atom. The van der Waals surface area contributed by atoms with Gasteiger partial charge in [-0.25, -0.2) is 0 Å². The minimum absolute atomic E-state index is 1.03. The number of hydrogen-bond donors (Lipinski definition) is 0. The van der Waals surface area contributed by atoms with Crippen molar-refractivity contribution in [2.75, 3.05) is 29.9 Å². The highest BCUT2D eigenvalue weighted by atomic mass is 15.1. The molecule has 0 heterocycles. The van der Waals surface area contributed by atoms with Crippen LogP contribution in [0.2, 0.25) is 0 Å². The van der Waals surface area contributed by atoms with Gasteiger partial charge in [0.25, 0.3) is 0 Å². The molecule has 0 bridgehead atoms. The third-order valence-corrected chi connectivity index (χ3v) is 5.51.